The normalized spacial score (nSPS) is 11.7. The second-order valence-corrected chi connectivity index (χ2v) is 4.52. The number of aromatic hydroxyl groups is 1. The van der Waals surface area contributed by atoms with Crippen LogP contribution in [0.2, 0.25) is 0 Å². The number of phenolic OH excluding ortho intramolecular Hbond substituents is 1. The van der Waals surface area contributed by atoms with E-state index in [1.165, 1.54) is 12.1 Å². The maximum absolute atomic E-state index is 11.9. The molecule has 3 N–H and O–H groups in total. The smallest absolute Gasteiger partial charge is 0.255 e. The monoisotopic (exact) mass is 287 g/mol. The number of ether oxygens (including phenoxy) is 1. The number of benzene rings is 2. The highest BCUT2D eigenvalue weighted by atomic mass is 16.5. The van der Waals surface area contributed by atoms with Gasteiger partial charge in [0.2, 0.25) is 0 Å². The van der Waals surface area contributed by atoms with Gasteiger partial charge in [-0.05, 0) is 29.8 Å². The van der Waals surface area contributed by atoms with Gasteiger partial charge in [0, 0.05) is 6.54 Å². The number of methoxy groups -OCH3 is 1. The summed E-state index contributed by atoms with van der Waals surface area (Å²) in [6, 6.07) is 13.2. The van der Waals surface area contributed by atoms with Gasteiger partial charge in [-0.2, -0.15) is 0 Å². The SMILES string of the molecule is COc1ccc(C(O)CNC(=O)c2ccccc2O)cc1. The van der Waals surface area contributed by atoms with E-state index in [4.69, 9.17) is 4.74 Å². The summed E-state index contributed by atoms with van der Waals surface area (Å²) >= 11 is 0. The Labute approximate surface area is 122 Å². The molecule has 5 heteroatoms. The molecular formula is C16H17NO4. The van der Waals surface area contributed by atoms with E-state index in [-0.39, 0.29) is 17.9 Å². The summed E-state index contributed by atoms with van der Waals surface area (Å²) in [5.41, 5.74) is 0.854. The van der Waals surface area contributed by atoms with E-state index in [0.29, 0.717) is 11.3 Å². The van der Waals surface area contributed by atoms with Crippen molar-refractivity contribution in [2.45, 2.75) is 6.10 Å². The Kier molecular flexibility index (Phi) is 4.79. The number of nitrogens with one attached hydrogen (secondary N) is 1. The first-order valence-corrected chi connectivity index (χ1v) is 6.50. The zero-order chi connectivity index (χ0) is 15.2. The average molecular weight is 287 g/mol. The standard InChI is InChI=1S/C16H17NO4/c1-21-12-8-6-11(7-9-12)15(19)10-17-16(20)13-4-2-3-5-14(13)18/h2-9,15,18-19H,10H2,1H3,(H,17,20). The molecule has 2 aromatic carbocycles. The minimum atomic E-state index is -0.828. The van der Waals surface area contributed by atoms with Gasteiger partial charge in [0.15, 0.2) is 0 Å². The quantitative estimate of drug-likeness (QED) is 0.784. The molecule has 0 aliphatic heterocycles. The number of hydrogen-bond acceptors (Lipinski definition) is 4. The Morgan fingerprint density at radius 3 is 2.48 bits per heavy atom. The van der Waals surface area contributed by atoms with Crippen molar-refractivity contribution in [3.8, 4) is 11.5 Å². The van der Waals surface area contributed by atoms with Crippen LogP contribution in [0.4, 0.5) is 0 Å². The first-order chi connectivity index (χ1) is 10.1. The Morgan fingerprint density at radius 1 is 1.19 bits per heavy atom. The molecule has 0 aliphatic carbocycles. The second kappa shape index (κ2) is 6.76. The molecule has 0 aromatic heterocycles. The van der Waals surface area contributed by atoms with E-state index in [1.807, 2.05) is 0 Å². The van der Waals surface area contributed by atoms with Crippen LogP contribution in [0, 0.1) is 0 Å². The van der Waals surface area contributed by atoms with Crippen molar-refractivity contribution in [1.29, 1.82) is 0 Å². The highest BCUT2D eigenvalue weighted by Gasteiger charge is 2.13. The van der Waals surface area contributed by atoms with Gasteiger partial charge in [0.05, 0.1) is 18.8 Å². The van der Waals surface area contributed by atoms with E-state index in [1.54, 1.807) is 43.5 Å². The van der Waals surface area contributed by atoms with Gasteiger partial charge in [0.1, 0.15) is 11.5 Å². The molecule has 1 atom stereocenters. The van der Waals surface area contributed by atoms with Crippen LogP contribution >= 0.6 is 0 Å². The molecule has 0 radical (unpaired) electrons. The number of carbonyl (C=O) groups is 1. The summed E-state index contributed by atoms with van der Waals surface area (Å²) in [6.45, 7) is 0.0551. The van der Waals surface area contributed by atoms with Crippen molar-refractivity contribution < 1.29 is 19.7 Å². The van der Waals surface area contributed by atoms with Crippen LogP contribution in [-0.4, -0.2) is 29.8 Å². The van der Waals surface area contributed by atoms with Crippen molar-refractivity contribution >= 4 is 5.91 Å². The van der Waals surface area contributed by atoms with E-state index < -0.39 is 12.0 Å². The van der Waals surface area contributed by atoms with Crippen LogP contribution in [0.3, 0.4) is 0 Å². The fourth-order valence-corrected chi connectivity index (χ4v) is 1.89. The third kappa shape index (κ3) is 3.73. The molecule has 0 heterocycles. The fraction of sp³-hybridized carbons (Fsp3) is 0.188. The largest absolute Gasteiger partial charge is 0.507 e. The lowest BCUT2D eigenvalue weighted by atomic mass is 10.1. The second-order valence-electron chi connectivity index (χ2n) is 4.52. The number of aliphatic hydroxyl groups is 1. The van der Waals surface area contributed by atoms with E-state index in [9.17, 15) is 15.0 Å². The Bertz CT molecular complexity index is 610. The van der Waals surface area contributed by atoms with Crippen molar-refractivity contribution in [2.75, 3.05) is 13.7 Å². The molecule has 0 aliphatic rings. The number of aliphatic hydroxyl groups excluding tert-OH is 1. The molecule has 1 amide bonds. The molecule has 2 rings (SSSR count). The summed E-state index contributed by atoms with van der Waals surface area (Å²) in [5, 5.41) is 22.2. The van der Waals surface area contributed by atoms with Gasteiger partial charge >= 0.3 is 0 Å². The van der Waals surface area contributed by atoms with Crippen molar-refractivity contribution in [3.63, 3.8) is 0 Å². The Morgan fingerprint density at radius 2 is 1.86 bits per heavy atom. The van der Waals surface area contributed by atoms with Gasteiger partial charge in [-0.15, -0.1) is 0 Å². The number of hydrogen-bond donors (Lipinski definition) is 3. The highest BCUT2D eigenvalue weighted by Crippen LogP contribution is 2.18. The number of carbonyl (C=O) groups excluding carboxylic acids is 1. The minimum Gasteiger partial charge on any atom is -0.507 e. The zero-order valence-electron chi connectivity index (χ0n) is 11.6. The average Bonchev–Trinajstić information content (AvgIpc) is 2.52. The predicted octanol–water partition coefficient (Wildman–Crippen LogP) is 1.86. The summed E-state index contributed by atoms with van der Waals surface area (Å²) in [4.78, 5) is 11.9. The molecule has 5 nitrogen and oxygen atoms in total. The topological polar surface area (TPSA) is 78.8 Å². The van der Waals surface area contributed by atoms with Gasteiger partial charge in [-0.3, -0.25) is 4.79 Å². The molecule has 0 bridgehead atoms. The Balaban J connectivity index is 1.95. The van der Waals surface area contributed by atoms with Gasteiger partial charge in [-0.25, -0.2) is 0 Å². The van der Waals surface area contributed by atoms with Crippen LogP contribution in [0.5, 0.6) is 11.5 Å². The maximum Gasteiger partial charge on any atom is 0.255 e. The third-order valence-electron chi connectivity index (χ3n) is 3.11. The van der Waals surface area contributed by atoms with E-state index in [2.05, 4.69) is 5.32 Å². The van der Waals surface area contributed by atoms with Crippen LogP contribution in [-0.2, 0) is 0 Å². The van der Waals surface area contributed by atoms with Crippen molar-refractivity contribution in [3.05, 3.63) is 59.7 Å². The van der Waals surface area contributed by atoms with Crippen molar-refractivity contribution in [1.82, 2.24) is 5.32 Å². The first-order valence-electron chi connectivity index (χ1n) is 6.50. The number of rotatable bonds is 5. The Hall–Kier alpha value is -2.53. The lowest BCUT2D eigenvalue weighted by Gasteiger charge is -2.13. The summed E-state index contributed by atoms with van der Waals surface area (Å²) in [6.07, 6.45) is -0.828. The number of phenols is 1. The predicted molar refractivity (Wildman–Crippen MR) is 78.4 cm³/mol. The minimum absolute atomic E-state index is 0.0551. The van der Waals surface area contributed by atoms with E-state index >= 15 is 0 Å². The summed E-state index contributed by atoms with van der Waals surface area (Å²) in [5.74, 6) is 0.179. The van der Waals surface area contributed by atoms with Crippen LogP contribution < -0.4 is 10.1 Å². The lowest BCUT2D eigenvalue weighted by molar-refractivity contribution is 0.0913. The molecule has 1 unspecified atom stereocenters. The third-order valence-corrected chi connectivity index (χ3v) is 3.11. The highest BCUT2D eigenvalue weighted by molar-refractivity contribution is 5.96. The molecular weight excluding hydrogens is 270 g/mol. The van der Waals surface area contributed by atoms with Gasteiger partial charge < -0.3 is 20.3 Å². The molecule has 110 valence electrons. The van der Waals surface area contributed by atoms with E-state index in [0.717, 1.165) is 0 Å². The van der Waals surface area contributed by atoms with Crippen molar-refractivity contribution in [2.24, 2.45) is 0 Å². The first kappa shape index (κ1) is 14.9. The van der Waals surface area contributed by atoms with Gasteiger partial charge in [0.25, 0.3) is 5.91 Å². The maximum atomic E-state index is 11.9. The molecule has 0 fully saturated rings. The zero-order valence-corrected chi connectivity index (χ0v) is 11.6. The van der Waals surface area contributed by atoms with Crippen LogP contribution in [0.1, 0.15) is 22.0 Å². The number of amides is 1. The summed E-state index contributed by atoms with van der Waals surface area (Å²) < 4.78 is 5.04. The molecule has 21 heavy (non-hydrogen) atoms. The van der Waals surface area contributed by atoms with Crippen LogP contribution in [0.25, 0.3) is 0 Å². The van der Waals surface area contributed by atoms with Crippen LogP contribution in [0.15, 0.2) is 48.5 Å². The summed E-state index contributed by atoms with van der Waals surface area (Å²) in [7, 11) is 1.57. The molecule has 2 aromatic rings. The number of para-hydroxylation sites is 1. The fourth-order valence-electron chi connectivity index (χ4n) is 1.89. The molecule has 0 spiro atoms. The lowest BCUT2D eigenvalue weighted by Crippen LogP contribution is -2.28. The van der Waals surface area contributed by atoms with Gasteiger partial charge in [-0.1, -0.05) is 24.3 Å². The molecule has 0 saturated heterocycles. The molecule has 0 saturated carbocycles.